The molecule has 3 nitrogen and oxygen atoms in total. The van der Waals surface area contributed by atoms with Gasteiger partial charge in [-0.1, -0.05) is 27.7 Å². The SMILES string of the molecule is CCOc1ccc(-n2cc[n+](C(C)(CC)CC(C)(C)C)c2)cc1. The Hall–Kier alpha value is -1.77. The van der Waals surface area contributed by atoms with Crippen LogP contribution >= 0.6 is 0 Å². The van der Waals surface area contributed by atoms with Gasteiger partial charge in [-0.15, -0.1) is 0 Å². The highest BCUT2D eigenvalue weighted by Crippen LogP contribution is 2.31. The fourth-order valence-electron chi connectivity index (χ4n) is 3.25. The molecule has 0 saturated heterocycles. The van der Waals surface area contributed by atoms with E-state index in [1.54, 1.807) is 0 Å². The van der Waals surface area contributed by atoms with Crippen molar-refractivity contribution in [3.63, 3.8) is 0 Å². The first-order chi connectivity index (χ1) is 10.8. The first kappa shape index (κ1) is 17.6. The zero-order valence-electron chi connectivity index (χ0n) is 15.5. The summed E-state index contributed by atoms with van der Waals surface area (Å²) < 4.78 is 10.0. The molecule has 1 aromatic carbocycles. The van der Waals surface area contributed by atoms with E-state index in [0.29, 0.717) is 12.0 Å². The number of ether oxygens (including phenoxy) is 1. The summed E-state index contributed by atoms with van der Waals surface area (Å²) in [5, 5.41) is 0. The second-order valence-electron chi connectivity index (χ2n) is 7.74. The van der Waals surface area contributed by atoms with Crippen LogP contribution < -0.4 is 9.30 Å². The van der Waals surface area contributed by atoms with E-state index in [2.05, 4.69) is 74.6 Å². The molecule has 3 heteroatoms. The monoisotopic (exact) mass is 315 g/mol. The van der Waals surface area contributed by atoms with Crippen LogP contribution in [0.25, 0.3) is 5.69 Å². The molecule has 1 unspecified atom stereocenters. The molecule has 23 heavy (non-hydrogen) atoms. The lowest BCUT2D eigenvalue weighted by molar-refractivity contribution is -0.764. The first-order valence-electron chi connectivity index (χ1n) is 8.60. The van der Waals surface area contributed by atoms with Crippen LogP contribution in [0.4, 0.5) is 0 Å². The fraction of sp³-hybridized carbons (Fsp3) is 0.550. The van der Waals surface area contributed by atoms with E-state index >= 15 is 0 Å². The molecule has 0 aliphatic rings. The van der Waals surface area contributed by atoms with Crippen LogP contribution in [0.3, 0.4) is 0 Å². The molecule has 0 aliphatic carbocycles. The fourth-order valence-corrected chi connectivity index (χ4v) is 3.25. The Morgan fingerprint density at radius 2 is 1.70 bits per heavy atom. The number of imidazole rings is 1. The van der Waals surface area contributed by atoms with Gasteiger partial charge in [-0.25, -0.2) is 9.13 Å². The van der Waals surface area contributed by atoms with Crippen LogP contribution in [-0.2, 0) is 5.54 Å². The topological polar surface area (TPSA) is 18.0 Å². The average molecular weight is 315 g/mol. The summed E-state index contributed by atoms with van der Waals surface area (Å²) in [5.41, 5.74) is 1.59. The van der Waals surface area contributed by atoms with Crippen LogP contribution in [0.5, 0.6) is 5.75 Å². The average Bonchev–Trinajstić information content (AvgIpc) is 2.97. The Bertz CT molecular complexity index is 622. The van der Waals surface area contributed by atoms with Crippen molar-refractivity contribution >= 4 is 0 Å². The van der Waals surface area contributed by atoms with Gasteiger partial charge in [0.2, 0.25) is 6.33 Å². The minimum absolute atomic E-state index is 0.134. The molecule has 0 bridgehead atoms. The van der Waals surface area contributed by atoms with Crippen molar-refractivity contribution in [2.45, 2.75) is 59.9 Å². The summed E-state index contributed by atoms with van der Waals surface area (Å²) in [4.78, 5) is 0. The smallest absolute Gasteiger partial charge is 0.249 e. The summed E-state index contributed by atoms with van der Waals surface area (Å²) >= 11 is 0. The minimum atomic E-state index is 0.134. The predicted molar refractivity (Wildman–Crippen MR) is 95.1 cm³/mol. The summed E-state index contributed by atoms with van der Waals surface area (Å²) in [5.74, 6) is 0.919. The molecule has 0 fully saturated rings. The van der Waals surface area contributed by atoms with Crippen molar-refractivity contribution in [3.05, 3.63) is 43.0 Å². The van der Waals surface area contributed by atoms with Crippen LogP contribution in [0.2, 0.25) is 0 Å². The zero-order valence-corrected chi connectivity index (χ0v) is 15.5. The molecular formula is C20H31N2O+. The van der Waals surface area contributed by atoms with E-state index in [1.807, 2.05) is 19.1 Å². The lowest BCUT2D eigenvalue weighted by Crippen LogP contribution is -2.54. The maximum atomic E-state index is 5.51. The van der Waals surface area contributed by atoms with Gasteiger partial charge in [0.05, 0.1) is 6.61 Å². The molecule has 0 radical (unpaired) electrons. The van der Waals surface area contributed by atoms with E-state index in [0.717, 1.165) is 24.3 Å². The van der Waals surface area contributed by atoms with Crippen molar-refractivity contribution in [2.24, 2.45) is 5.41 Å². The highest BCUT2D eigenvalue weighted by Gasteiger charge is 2.34. The van der Waals surface area contributed by atoms with Crippen LogP contribution in [0.1, 0.15) is 54.4 Å². The number of aromatic nitrogens is 2. The standard InChI is InChI=1S/C20H31N2O/c1-7-20(6,15-19(3,4)5)22-14-13-21(16-22)17-9-11-18(12-10-17)23-8-2/h9-14,16H,7-8,15H2,1-6H3/q+1. The van der Waals surface area contributed by atoms with E-state index in [4.69, 9.17) is 4.74 Å². The van der Waals surface area contributed by atoms with Gasteiger partial charge in [0.15, 0.2) is 0 Å². The molecule has 1 heterocycles. The van der Waals surface area contributed by atoms with Crippen molar-refractivity contribution < 1.29 is 9.30 Å². The van der Waals surface area contributed by atoms with Gasteiger partial charge < -0.3 is 4.74 Å². The van der Waals surface area contributed by atoms with Crippen molar-refractivity contribution in [3.8, 4) is 11.4 Å². The molecule has 0 amide bonds. The molecular weight excluding hydrogens is 284 g/mol. The Morgan fingerprint density at radius 3 is 2.22 bits per heavy atom. The van der Waals surface area contributed by atoms with Gasteiger partial charge in [-0.05, 0) is 56.4 Å². The molecule has 1 atom stereocenters. The second-order valence-corrected chi connectivity index (χ2v) is 7.74. The molecule has 1 aromatic heterocycles. The number of hydrogen-bond donors (Lipinski definition) is 0. The van der Waals surface area contributed by atoms with Crippen LogP contribution in [0, 0.1) is 5.41 Å². The molecule has 2 rings (SSSR count). The maximum Gasteiger partial charge on any atom is 0.249 e. The Balaban J connectivity index is 2.25. The van der Waals surface area contributed by atoms with Crippen LogP contribution in [0.15, 0.2) is 43.0 Å². The predicted octanol–water partition coefficient (Wildman–Crippen LogP) is 4.72. The third kappa shape index (κ3) is 4.37. The Morgan fingerprint density at radius 1 is 1.04 bits per heavy atom. The first-order valence-corrected chi connectivity index (χ1v) is 8.60. The van der Waals surface area contributed by atoms with E-state index in [9.17, 15) is 0 Å². The van der Waals surface area contributed by atoms with E-state index < -0.39 is 0 Å². The Labute approximate surface area is 140 Å². The molecule has 0 spiro atoms. The van der Waals surface area contributed by atoms with E-state index in [1.165, 1.54) is 0 Å². The van der Waals surface area contributed by atoms with Gasteiger partial charge in [0, 0.05) is 0 Å². The third-order valence-electron chi connectivity index (χ3n) is 4.38. The van der Waals surface area contributed by atoms with Gasteiger partial charge in [0.25, 0.3) is 0 Å². The minimum Gasteiger partial charge on any atom is -0.494 e. The van der Waals surface area contributed by atoms with Crippen LogP contribution in [-0.4, -0.2) is 11.2 Å². The van der Waals surface area contributed by atoms with Crippen molar-refractivity contribution in [2.75, 3.05) is 6.61 Å². The normalized spacial score (nSPS) is 14.5. The van der Waals surface area contributed by atoms with Crippen molar-refractivity contribution in [1.29, 1.82) is 0 Å². The number of hydrogen-bond acceptors (Lipinski definition) is 1. The summed E-state index contributed by atoms with van der Waals surface area (Å²) in [7, 11) is 0. The summed E-state index contributed by atoms with van der Waals surface area (Å²) in [6, 6.07) is 8.25. The lowest BCUT2D eigenvalue weighted by Gasteiger charge is -2.32. The summed E-state index contributed by atoms with van der Waals surface area (Å²) in [6.07, 6.45) is 8.78. The highest BCUT2D eigenvalue weighted by atomic mass is 16.5. The van der Waals surface area contributed by atoms with Crippen molar-refractivity contribution in [1.82, 2.24) is 4.57 Å². The summed E-state index contributed by atoms with van der Waals surface area (Å²) in [6.45, 7) is 14.3. The largest absolute Gasteiger partial charge is 0.494 e. The molecule has 2 aromatic rings. The molecule has 0 saturated carbocycles. The molecule has 126 valence electrons. The third-order valence-corrected chi connectivity index (χ3v) is 4.38. The lowest BCUT2D eigenvalue weighted by atomic mass is 9.79. The van der Waals surface area contributed by atoms with Gasteiger partial charge in [0.1, 0.15) is 29.4 Å². The van der Waals surface area contributed by atoms with E-state index in [-0.39, 0.29) is 5.54 Å². The zero-order chi connectivity index (χ0) is 17.1. The van der Waals surface area contributed by atoms with Gasteiger partial charge in [-0.3, -0.25) is 0 Å². The molecule has 0 N–H and O–H groups in total. The number of rotatable bonds is 6. The number of nitrogens with zero attached hydrogens (tertiary/aromatic N) is 2. The quantitative estimate of drug-likeness (QED) is 0.705. The van der Waals surface area contributed by atoms with Gasteiger partial charge >= 0.3 is 0 Å². The maximum absolute atomic E-state index is 5.51. The molecule has 0 aliphatic heterocycles. The number of benzene rings is 1. The second kappa shape index (κ2) is 6.77. The highest BCUT2D eigenvalue weighted by molar-refractivity contribution is 5.36. The Kier molecular flexibility index (Phi) is 5.18. The van der Waals surface area contributed by atoms with Gasteiger partial charge in [-0.2, -0.15) is 0 Å².